The van der Waals surface area contributed by atoms with E-state index < -0.39 is 35.2 Å². The number of rotatable bonds is 5. The fraction of sp³-hybridized carbons (Fsp3) is 0.115. The number of furan rings is 1. The van der Waals surface area contributed by atoms with Crippen LogP contribution in [0.15, 0.2) is 88.7 Å². The number of nitrogens with zero attached hydrogens (tertiary/aromatic N) is 2. The number of hydrogen-bond acceptors (Lipinski definition) is 6. The summed E-state index contributed by atoms with van der Waals surface area (Å²) in [5.74, 6) is -2.41. The number of alkyl halides is 3. The predicted octanol–water partition coefficient (Wildman–Crippen LogP) is 6.51. The van der Waals surface area contributed by atoms with E-state index in [2.05, 4.69) is 4.98 Å². The van der Waals surface area contributed by atoms with Gasteiger partial charge in [0.15, 0.2) is 5.76 Å². The molecule has 2 aromatic carbocycles. The molecule has 1 amide bonds. The predicted molar refractivity (Wildman–Crippen MR) is 127 cm³/mol. The van der Waals surface area contributed by atoms with Gasteiger partial charge in [0, 0.05) is 11.3 Å². The van der Waals surface area contributed by atoms with Crippen LogP contribution in [0.1, 0.15) is 32.7 Å². The van der Waals surface area contributed by atoms with Gasteiger partial charge in [0.25, 0.3) is 5.91 Å². The van der Waals surface area contributed by atoms with Crippen LogP contribution in [-0.2, 0) is 11.0 Å². The van der Waals surface area contributed by atoms with Crippen LogP contribution < -0.4 is 4.90 Å². The highest BCUT2D eigenvalue weighted by atomic mass is 32.1. The first-order valence-electron chi connectivity index (χ1n) is 10.7. The highest BCUT2D eigenvalue weighted by Crippen LogP contribution is 2.44. The number of ketones is 1. The SMILES string of the molecule is Cc1nc(-c2ccccc2)sc1C(=O)C1=C(O)C(=O)N(c2cccc(C(F)(F)F)c2)C1c1ccco1. The minimum atomic E-state index is -4.65. The van der Waals surface area contributed by atoms with Gasteiger partial charge in [-0.25, -0.2) is 4.98 Å². The van der Waals surface area contributed by atoms with Crippen molar-refractivity contribution >= 4 is 28.7 Å². The maximum atomic E-state index is 13.7. The minimum Gasteiger partial charge on any atom is -0.503 e. The molecule has 4 aromatic rings. The summed E-state index contributed by atoms with van der Waals surface area (Å²) in [4.78, 5) is 32.5. The van der Waals surface area contributed by atoms with Gasteiger partial charge < -0.3 is 9.52 Å². The van der Waals surface area contributed by atoms with Crippen molar-refractivity contribution in [3.63, 3.8) is 0 Å². The van der Waals surface area contributed by atoms with E-state index >= 15 is 0 Å². The number of aromatic nitrogens is 1. The molecule has 0 spiro atoms. The van der Waals surface area contributed by atoms with E-state index in [0.29, 0.717) is 10.7 Å². The van der Waals surface area contributed by atoms with Crippen LogP contribution in [0, 0.1) is 6.92 Å². The number of carbonyl (C=O) groups excluding carboxylic acids is 2. The van der Waals surface area contributed by atoms with Gasteiger partial charge in [0.1, 0.15) is 16.8 Å². The van der Waals surface area contributed by atoms with Crippen LogP contribution in [0.3, 0.4) is 0 Å². The lowest BCUT2D eigenvalue weighted by molar-refractivity contribution is -0.137. The molecule has 1 unspecified atom stereocenters. The van der Waals surface area contributed by atoms with Crippen LogP contribution >= 0.6 is 11.3 Å². The summed E-state index contributed by atoms with van der Waals surface area (Å²) in [6.45, 7) is 1.64. The summed E-state index contributed by atoms with van der Waals surface area (Å²) in [7, 11) is 0. The maximum absolute atomic E-state index is 13.7. The number of halogens is 3. The zero-order chi connectivity index (χ0) is 25.6. The number of aliphatic hydroxyl groups is 1. The minimum absolute atomic E-state index is 0.110. The number of aliphatic hydroxyl groups excluding tert-OH is 1. The molecule has 6 nitrogen and oxygen atoms in total. The summed E-state index contributed by atoms with van der Waals surface area (Å²) < 4.78 is 45.6. The van der Waals surface area contributed by atoms with Crippen molar-refractivity contribution in [2.45, 2.75) is 19.1 Å². The molecule has 0 bridgehead atoms. The highest BCUT2D eigenvalue weighted by molar-refractivity contribution is 7.17. The van der Waals surface area contributed by atoms with Crippen molar-refractivity contribution in [1.29, 1.82) is 0 Å². The molecule has 0 aliphatic carbocycles. The number of aryl methyl sites for hydroxylation is 1. The molecule has 5 rings (SSSR count). The first kappa shape index (κ1) is 23.6. The topological polar surface area (TPSA) is 83.6 Å². The Labute approximate surface area is 206 Å². The molecule has 3 heterocycles. The molecule has 0 saturated heterocycles. The lowest BCUT2D eigenvalue weighted by Crippen LogP contribution is -2.31. The smallest absolute Gasteiger partial charge is 0.416 e. The molecule has 0 fully saturated rings. The van der Waals surface area contributed by atoms with E-state index in [1.165, 1.54) is 24.5 Å². The Morgan fingerprint density at radius 1 is 1.08 bits per heavy atom. The summed E-state index contributed by atoms with van der Waals surface area (Å²) in [6.07, 6.45) is -3.34. The van der Waals surface area contributed by atoms with E-state index in [4.69, 9.17) is 4.42 Å². The number of thiazole rings is 1. The van der Waals surface area contributed by atoms with Crippen molar-refractivity contribution < 1.29 is 32.3 Å². The first-order chi connectivity index (χ1) is 17.2. The first-order valence-corrected chi connectivity index (χ1v) is 11.5. The summed E-state index contributed by atoms with van der Waals surface area (Å²) >= 11 is 1.10. The van der Waals surface area contributed by atoms with Gasteiger partial charge in [-0.2, -0.15) is 13.2 Å². The molecule has 0 saturated carbocycles. The standard InChI is InChI=1S/C26H17F3N2O4S/c1-14-23(36-24(30-14)15-7-3-2-4-8-15)21(32)19-20(18-11-6-12-35-18)31(25(34)22(19)33)17-10-5-9-16(13-17)26(27,28)29/h2-13,20,33H,1H3. The maximum Gasteiger partial charge on any atom is 0.416 e. The second-order valence-corrected chi connectivity index (χ2v) is 9.03. The average molecular weight is 510 g/mol. The Kier molecular flexibility index (Phi) is 5.76. The van der Waals surface area contributed by atoms with Gasteiger partial charge in [-0.3, -0.25) is 14.5 Å². The largest absolute Gasteiger partial charge is 0.503 e. The number of amides is 1. The molecule has 0 radical (unpaired) electrons. The van der Waals surface area contributed by atoms with Gasteiger partial charge in [0.05, 0.1) is 28.0 Å². The van der Waals surface area contributed by atoms with Gasteiger partial charge in [-0.15, -0.1) is 11.3 Å². The van der Waals surface area contributed by atoms with Gasteiger partial charge in [0.2, 0.25) is 5.78 Å². The normalized spacial score (nSPS) is 16.2. The Bertz CT molecular complexity index is 1490. The molecule has 1 N–H and O–H groups in total. The quantitative estimate of drug-likeness (QED) is 0.309. The Morgan fingerprint density at radius 2 is 1.83 bits per heavy atom. The Morgan fingerprint density at radius 3 is 2.50 bits per heavy atom. The Hall–Kier alpha value is -4.18. The van der Waals surface area contributed by atoms with Crippen molar-refractivity contribution in [2.24, 2.45) is 0 Å². The van der Waals surface area contributed by atoms with Crippen molar-refractivity contribution in [1.82, 2.24) is 4.98 Å². The van der Waals surface area contributed by atoms with Crippen molar-refractivity contribution in [3.05, 3.63) is 106 Å². The molecule has 36 heavy (non-hydrogen) atoms. The second kappa shape index (κ2) is 8.80. The lowest BCUT2D eigenvalue weighted by atomic mass is 9.99. The molecular weight excluding hydrogens is 493 g/mol. The van der Waals surface area contributed by atoms with Crippen LogP contribution in [-0.4, -0.2) is 21.8 Å². The Balaban J connectivity index is 1.61. The summed E-state index contributed by atoms with van der Waals surface area (Å²) in [5.41, 5.74) is -0.225. The number of Topliss-reactive ketones (excluding diaryl/α,β-unsaturated/α-hetero) is 1. The van der Waals surface area contributed by atoms with Crippen LogP contribution in [0.2, 0.25) is 0 Å². The van der Waals surface area contributed by atoms with E-state index in [-0.39, 0.29) is 21.9 Å². The van der Waals surface area contributed by atoms with Gasteiger partial charge >= 0.3 is 6.18 Å². The number of benzene rings is 2. The molecule has 1 aliphatic rings. The highest BCUT2D eigenvalue weighted by Gasteiger charge is 2.47. The van der Waals surface area contributed by atoms with Crippen LogP contribution in [0.25, 0.3) is 10.6 Å². The molecule has 10 heteroatoms. The monoisotopic (exact) mass is 510 g/mol. The fourth-order valence-corrected chi connectivity index (χ4v) is 5.11. The zero-order valence-corrected chi connectivity index (χ0v) is 19.4. The summed E-state index contributed by atoms with van der Waals surface area (Å²) in [6, 6.07) is 15.0. The number of anilines is 1. The number of hydrogen-bond donors (Lipinski definition) is 1. The van der Waals surface area contributed by atoms with Crippen molar-refractivity contribution in [3.8, 4) is 10.6 Å². The molecule has 182 valence electrons. The molecule has 1 atom stereocenters. The third-order valence-corrected chi connectivity index (χ3v) is 6.95. The molecular formula is C26H17F3N2O4S. The zero-order valence-electron chi connectivity index (χ0n) is 18.6. The van der Waals surface area contributed by atoms with E-state index in [1.807, 2.05) is 30.3 Å². The lowest BCUT2D eigenvalue weighted by Gasteiger charge is -2.25. The molecule has 1 aliphatic heterocycles. The third-order valence-electron chi connectivity index (χ3n) is 5.74. The van der Waals surface area contributed by atoms with Crippen molar-refractivity contribution in [2.75, 3.05) is 4.90 Å². The van der Waals surface area contributed by atoms with E-state index in [9.17, 15) is 27.9 Å². The van der Waals surface area contributed by atoms with Crippen LogP contribution in [0.5, 0.6) is 0 Å². The van der Waals surface area contributed by atoms with E-state index in [1.54, 1.807) is 6.92 Å². The van der Waals surface area contributed by atoms with Crippen LogP contribution in [0.4, 0.5) is 18.9 Å². The van der Waals surface area contributed by atoms with E-state index in [0.717, 1.165) is 40.0 Å². The fourth-order valence-electron chi connectivity index (χ4n) is 4.09. The van der Waals surface area contributed by atoms with Gasteiger partial charge in [-0.1, -0.05) is 36.4 Å². The average Bonchev–Trinajstić information content (AvgIpc) is 3.58. The second-order valence-electron chi connectivity index (χ2n) is 8.03. The van der Waals surface area contributed by atoms with Gasteiger partial charge in [-0.05, 0) is 37.3 Å². The molecule has 2 aromatic heterocycles. The number of carbonyl (C=O) groups is 2. The summed E-state index contributed by atoms with van der Waals surface area (Å²) in [5, 5.41) is 11.4. The third kappa shape index (κ3) is 3.99.